The topological polar surface area (TPSA) is 107 Å². The zero-order valence-electron chi connectivity index (χ0n) is 14.4. The Morgan fingerprint density at radius 1 is 1.23 bits per heavy atom. The van der Waals surface area contributed by atoms with Gasteiger partial charge in [0.25, 0.3) is 11.8 Å². The third-order valence-electron chi connectivity index (χ3n) is 4.52. The van der Waals surface area contributed by atoms with Crippen LogP contribution in [0.3, 0.4) is 0 Å². The minimum absolute atomic E-state index is 0.0800. The number of hydrogen-bond donors (Lipinski definition) is 3. The van der Waals surface area contributed by atoms with Crippen LogP contribution in [0.1, 0.15) is 29.8 Å². The van der Waals surface area contributed by atoms with Gasteiger partial charge >= 0.3 is 0 Å². The minimum Gasteiger partial charge on any atom is -0.484 e. The van der Waals surface area contributed by atoms with E-state index < -0.39 is 0 Å². The molecule has 0 saturated heterocycles. The molecule has 7 heteroatoms. The van der Waals surface area contributed by atoms with E-state index in [1.54, 1.807) is 36.4 Å². The lowest BCUT2D eigenvalue weighted by atomic mass is 10.0. The van der Waals surface area contributed by atoms with Crippen molar-refractivity contribution in [2.75, 3.05) is 18.5 Å². The van der Waals surface area contributed by atoms with Gasteiger partial charge in [-0.25, -0.2) is 0 Å². The van der Waals surface area contributed by atoms with Crippen molar-refractivity contribution in [3.8, 4) is 5.75 Å². The van der Waals surface area contributed by atoms with E-state index in [0.717, 1.165) is 19.3 Å². The fraction of sp³-hybridized carbons (Fsp3) is 0.368. The Morgan fingerprint density at radius 2 is 2.12 bits per heavy atom. The first-order chi connectivity index (χ1) is 12.7. The molecule has 0 radical (unpaired) electrons. The second-order valence-corrected chi connectivity index (χ2v) is 6.35. The number of benzene rings is 1. The van der Waals surface area contributed by atoms with Crippen molar-refractivity contribution in [2.45, 2.75) is 25.3 Å². The summed E-state index contributed by atoms with van der Waals surface area (Å²) < 4.78 is 10.6. The minimum atomic E-state index is -0.348. The Morgan fingerprint density at radius 3 is 2.88 bits per heavy atom. The van der Waals surface area contributed by atoms with Crippen LogP contribution in [0.15, 0.2) is 47.1 Å². The Bertz CT molecular complexity index is 745. The van der Waals surface area contributed by atoms with E-state index >= 15 is 0 Å². The number of furan rings is 1. The van der Waals surface area contributed by atoms with E-state index in [0.29, 0.717) is 23.9 Å². The zero-order valence-corrected chi connectivity index (χ0v) is 14.4. The molecule has 0 aliphatic heterocycles. The number of nitrogens with two attached hydrogens (primary N) is 1. The van der Waals surface area contributed by atoms with E-state index in [-0.39, 0.29) is 30.2 Å². The Labute approximate surface area is 151 Å². The van der Waals surface area contributed by atoms with Crippen LogP contribution in [0.5, 0.6) is 5.75 Å². The largest absolute Gasteiger partial charge is 0.484 e. The molecule has 1 aromatic carbocycles. The van der Waals surface area contributed by atoms with Crippen molar-refractivity contribution >= 4 is 17.5 Å². The van der Waals surface area contributed by atoms with Gasteiger partial charge in [-0.1, -0.05) is 12.5 Å². The monoisotopic (exact) mass is 357 g/mol. The van der Waals surface area contributed by atoms with Crippen LogP contribution in [-0.4, -0.2) is 31.0 Å². The molecular formula is C19H23N3O4. The zero-order chi connectivity index (χ0) is 18.4. The summed E-state index contributed by atoms with van der Waals surface area (Å²) in [5, 5.41) is 5.71. The molecule has 1 aliphatic rings. The summed E-state index contributed by atoms with van der Waals surface area (Å²) in [6.45, 7) is 0.507. The van der Waals surface area contributed by atoms with Gasteiger partial charge in [0.05, 0.1) is 6.26 Å². The number of nitrogens with one attached hydrogen (secondary N) is 2. The first-order valence-electron chi connectivity index (χ1n) is 8.73. The molecule has 2 aromatic rings. The average molecular weight is 357 g/mol. The summed E-state index contributed by atoms with van der Waals surface area (Å²) in [5.74, 6) is 0.555. The van der Waals surface area contributed by atoms with Crippen molar-refractivity contribution in [1.29, 1.82) is 0 Å². The van der Waals surface area contributed by atoms with Crippen molar-refractivity contribution in [3.63, 3.8) is 0 Å². The highest BCUT2D eigenvalue weighted by Crippen LogP contribution is 2.24. The molecule has 2 amide bonds. The number of anilines is 1. The van der Waals surface area contributed by atoms with Gasteiger partial charge in [-0.2, -0.15) is 0 Å². The maximum atomic E-state index is 12.1. The molecular weight excluding hydrogens is 334 g/mol. The molecule has 1 aliphatic carbocycles. The molecule has 138 valence electrons. The Balaban J connectivity index is 1.50. The van der Waals surface area contributed by atoms with Crippen LogP contribution in [0.25, 0.3) is 0 Å². The average Bonchev–Trinajstić information content (AvgIpc) is 3.32. The lowest BCUT2D eigenvalue weighted by Crippen LogP contribution is -2.42. The van der Waals surface area contributed by atoms with Crippen LogP contribution in [0.2, 0.25) is 0 Å². The van der Waals surface area contributed by atoms with E-state index in [9.17, 15) is 9.59 Å². The normalized spacial score (nSPS) is 19.1. The first-order valence-corrected chi connectivity index (χ1v) is 8.73. The van der Waals surface area contributed by atoms with Crippen LogP contribution >= 0.6 is 0 Å². The fourth-order valence-electron chi connectivity index (χ4n) is 3.17. The van der Waals surface area contributed by atoms with Gasteiger partial charge in [0.2, 0.25) is 0 Å². The second-order valence-electron chi connectivity index (χ2n) is 6.35. The Kier molecular flexibility index (Phi) is 5.91. The van der Waals surface area contributed by atoms with Crippen molar-refractivity contribution in [1.82, 2.24) is 5.32 Å². The molecule has 26 heavy (non-hydrogen) atoms. The lowest BCUT2D eigenvalue weighted by molar-refractivity contribution is -0.124. The van der Waals surface area contributed by atoms with E-state index in [4.69, 9.17) is 14.9 Å². The van der Waals surface area contributed by atoms with Gasteiger partial charge in [-0.15, -0.1) is 0 Å². The van der Waals surface area contributed by atoms with Gasteiger partial charge in [0.1, 0.15) is 5.75 Å². The second kappa shape index (κ2) is 8.53. The summed E-state index contributed by atoms with van der Waals surface area (Å²) in [6.07, 6.45) is 4.54. The third-order valence-corrected chi connectivity index (χ3v) is 4.52. The van der Waals surface area contributed by atoms with Gasteiger partial charge in [0, 0.05) is 17.8 Å². The van der Waals surface area contributed by atoms with Crippen LogP contribution in [0.4, 0.5) is 5.69 Å². The fourth-order valence-corrected chi connectivity index (χ4v) is 3.17. The van der Waals surface area contributed by atoms with E-state index in [1.165, 1.54) is 6.26 Å². The smallest absolute Gasteiger partial charge is 0.291 e. The summed E-state index contributed by atoms with van der Waals surface area (Å²) in [4.78, 5) is 24.1. The molecule has 7 nitrogen and oxygen atoms in total. The maximum Gasteiger partial charge on any atom is 0.291 e. The molecule has 2 unspecified atom stereocenters. The number of ether oxygens (including phenoxy) is 1. The number of carbonyl (C=O) groups is 2. The van der Waals surface area contributed by atoms with Gasteiger partial charge in [-0.3, -0.25) is 9.59 Å². The molecule has 0 spiro atoms. The molecule has 1 aromatic heterocycles. The van der Waals surface area contributed by atoms with Crippen molar-refractivity contribution in [3.05, 3.63) is 48.4 Å². The summed E-state index contributed by atoms with van der Waals surface area (Å²) >= 11 is 0. The standard InChI is InChI=1S/C19H23N3O4/c20-11-13-4-1-7-16(13)22-18(23)12-26-15-6-2-5-14(10-15)21-19(24)17-8-3-9-25-17/h2-3,5-6,8-10,13,16H,1,4,7,11-12,20H2,(H,21,24)(H,22,23). The van der Waals surface area contributed by atoms with Crippen molar-refractivity contribution in [2.24, 2.45) is 11.7 Å². The van der Waals surface area contributed by atoms with Crippen molar-refractivity contribution < 1.29 is 18.7 Å². The SMILES string of the molecule is NCC1CCCC1NC(=O)COc1cccc(NC(=O)c2ccco2)c1. The highest BCUT2D eigenvalue weighted by Gasteiger charge is 2.27. The van der Waals surface area contributed by atoms with Crippen LogP contribution in [0, 0.1) is 5.92 Å². The highest BCUT2D eigenvalue weighted by atomic mass is 16.5. The molecule has 1 heterocycles. The lowest BCUT2D eigenvalue weighted by Gasteiger charge is -2.19. The van der Waals surface area contributed by atoms with Crippen LogP contribution in [-0.2, 0) is 4.79 Å². The van der Waals surface area contributed by atoms with Gasteiger partial charge in [-0.05, 0) is 49.6 Å². The van der Waals surface area contributed by atoms with Gasteiger partial charge in [0.15, 0.2) is 12.4 Å². The summed E-state index contributed by atoms with van der Waals surface area (Å²) in [5.41, 5.74) is 6.29. The molecule has 0 bridgehead atoms. The number of amides is 2. The number of hydrogen-bond acceptors (Lipinski definition) is 5. The quantitative estimate of drug-likeness (QED) is 0.704. The predicted octanol–water partition coefficient (Wildman–Crippen LogP) is 2.15. The summed E-state index contributed by atoms with van der Waals surface area (Å²) in [6, 6.07) is 10.2. The first kappa shape index (κ1) is 18.0. The molecule has 3 rings (SSSR count). The highest BCUT2D eigenvalue weighted by molar-refractivity contribution is 6.02. The maximum absolute atomic E-state index is 12.1. The van der Waals surface area contributed by atoms with Gasteiger partial charge < -0.3 is 25.5 Å². The molecule has 1 fully saturated rings. The number of carbonyl (C=O) groups excluding carboxylic acids is 2. The molecule has 1 saturated carbocycles. The Hall–Kier alpha value is -2.80. The van der Waals surface area contributed by atoms with E-state index in [1.807, 2.05) is 0 Å². The molecule has 2 atom stereocenters. The summed E-state index contributed by atoms with van der Waals surface area (Å²) in [7, 11) is 0. The predicted molar refractivity (Wildman–Crippen MR) is 96.9 cm³/mol. The van der Waals surface area contributed by atoms with Crippen LogP contribution < -0.4 is 21.1 Å². The molecule has 4 N–H and O–H groups in total. The number of rotatable bonds is 7. The van der Waals surface area contributed by atoms with E-state index in [2.05, 4.69) is 10.6 Å². The third kappa shape index (κ3) is 4.64.